The van der Waals surface area contributed by atoms with Gasteiger partial charge in [0.2, 0.25) is 15.9 Å². The van der Waals surface area contributed by atoms with E-state index in [0.717, 1.165) is 28.4 Å². The average Bonchev–Trinajstić information content (AvgIpc) is 3.52. The molecule has 0 bridgehead atoms. The minimum absolute atomic E-state index is 0.0165. The summed E-state index contributed by atoms with van der Waals surface area (Å²) in [5, 5.41) is 16.7. The lowest BCUT2D eigenvalue weighted by molar-refractivity contribution is -0.147. The maximum atomic E-state index is 13.7. The monoisotopic (exact) mass is 677 g/mol. The minimum Gasteiger partial charge on any atom is -0.415 e. The Hall–Kier alpha value is -2.44. The zero-order valence-electron chi connectivity index (χ0n) is 21.9. The van der Waals surface area contributed by atoms with Crippen LogP contribution in [0, 0.1) is 0 Å². The molecule has 4 rings (SSSR count). The largest absolute Gasteiger partial charge is 0.415 e. The zero-order valence-corrected chi connectivity index (χ0v) is 25.0. The standard InChI is InChI=1S/C23H22Cl2F5N5O5S2/c1-10(23(28,29)30)34-42(38,39)12-5-4-11(13(24)14(12)25)16-15(19(36)35-8-6-22(26,27)7-9-35)31-18(41-16)17-32-33-20(40-17)21(2,3)37/h4-5,10,34,37H,6-9H2,1-3H3/t10-/m1/s1. The summed E-state index contributed by atoms with van der Waals surface area (Å²) in [6.45, 7) is 2.82. The van der Waals surface area contributed by atoms with Crippen LogP contribution in [-0.4, -0.2) is 70.7 Å². The summed E-state index contributed by atoms with van der Waals surface area (Å²) in [5.74, 6) is -4.07. The van der Waals surface area contributed by atoms with E-state index in [2.05, 4.69) is 15.2 Å². The molecule has 1 aliphatic rings. The number of rotatable bonds is 7. The Morgan fingerprint density at radius 1 is 1.17 bits per heavy atom. The van der Waals surface area contributed by atoms with Crippen molar-refractivity contribution in [1.82, 2.24) is 24.8 Å². The van der Waals surface area contributed by atoms with E-state index in [1.54, 1.807) is 0 Å². The third-order valence-corrected chi connectivity index (χ3v) is 9.80. The van der Waals surface area contributed by atoms with Crippen LogP contribution in [0.2, 0.25) is 10.0 Å². The number of aliphatic hydroxyl groups is 1. The zero-order chi connectivity index (χ0) is 31.4. The number of aromatic nitrogens is 3. The number of amides is 1. The Morgan fingerprint density at radius 3 is 2.33 bits per heavy atom. The van der Waals surface area contributed by atoms with Gasteiger partial charge in [0.1, 0.15) is 22.2 Å². The van der Waals surface area contributed by atoms with Gasteiger partial charge in [0, 0.05) is 31.5 Å². The molecule has 1 aliphatic heterocycles. The van der Waals surface area contributed by atoms with Gasteiger partial charge in [0.25, 0.3) is 17.7 Å². The fraction of sp³-hybridized carbons (Fsp3) is 0.478. The van der Waals surface area contributed by atoms with Gasteiger partial charge in [0.05, 0.1) is 14.9 Å². The Bertz CT molecular complexity index is 1610. The SMILES string of the molecule is C[C@@H](NS(=O)(=O)c1ccc(-c2sc(-c3nnc(C(C)(C)O)o3)nc2C(=O)N2CCC(F)(F)CC2)c(Cl)c1Cl)C(F)(F)F. The number of thiazole rings is 1. The topological polar surface area (TPSA) is 139 Å². The Morgan fingerprint density at radius 2 is 1.79 bits per heavy atom. The van der Waals surface area contributed by atoms with Crippen LogP contribution in [0.25, 0.3) is 21.3 Å². The first-order valence-electron chi connectivity index (χ1n) is 12.0. The van der Waals surface area contributed by atoms with Crippen LogP contribution >= 0.6 is 34.5 Å². The summed E-state index contributed by atoms with van der Waals surface area (Å²) >= 11 is 13.4. The number of nitrogens with zero attached hydrogens (tertiary/aromatic N) is 4. The van der Waals surface area contributed by atoms with E-state index in [-0.39, 0.29) is 46.0 Å². The number of benzene rings is 1. The molecule has 2 aromatic heterocycles. The van der Waals surface area contributed by atoms with E-state index in [1.165, 1.54) is 18.6 Å². The molecule has 3 aromatic rings. The van der Waals surface area contributed by atoms with Gasteiger partial charge in [-0.25, -0.2) is 22.2 Å². The maximum Gasteiger partial charge on any atom is 0.404 e. The van der Waals surface area contributed by atoms with Crippen LogP contribution in [0.1, 0.15) is 50.0 Å². The number of halogens is 7. The second-order valence-corrected chi connectivity index (χ2v) is 13.4. The molecule has 2 N–H and O–H groups in total. The van der Waals surface area contributed by atoms with Crippen molar-refractivity contribution in [1.29, 1.82) is 0 Å². The van der Waals surface area contributed by atoms with Gasteiger partial charge in [0.15, 0.2) is 5.01 Å². The summed E-state index contributed by atoms with van der Waals surface area (Å²) in [6, 6.07) is -0.413. The maximum absolute atomic E-state index is 13.7. The van der Waals surface area contributed by atoms with Gasteiger partial charge >= 0.3 is 6.18 Å². The number of sulfonamides is 1. The van der Waals surface area contributed by atoms with Crippen LogP contribution in [0.5, 0.6) is 0 Å². The number of carbonyl (C=O) groups is 1. The predicted molar refractivity (Wildman–Crippen MR) is 142 cm³/mol. The molecule has 0 saturated carbocycles. The highest BCUT2D eigenvalue weighted by molar-refractivity contribution is 7.89. The van der Waals surface area contributed by atoms with E-state index in [4.69, 9.17) is 27.6 Å². The second-order valence-electron chi connectivity index (χ2n) is 9.94. The molecule has 0 radical (unpaired) electrons. The molecule has 10 nitrogen and oxygen atoms in total. The summed E-state index contributed by atoms with van der Waals surface area (Å²) in [7, 11) is -4.80. The van der Waals surface area contributed by atoms with Gasteiger partial charge < -0.3 is 14.4 Å². The quantitative estimate of drug-likeness (QED) is 0.313. The number of hydrogen-bond acceptors (Lipinski definition) is 9. The third kappa shape index (κ3) is 6.70. The Kier molecular flexibility index (Phi) is 8.69. The van der Waals surface area contributed by atoms with Crippen molar-refractivity contribution in [3.05, 3.63) is 33.8 Å². The molecular formula is C23H22Cl2F5N5O5S2. The second kappa shape index (κ2) is 11.2. The summed E-state index contributed by atoms with van der Waals surface area (Å²) < 4.78 is 98.8. The molecule has 1 fully saturated rings. The first-order chi connectivity index (χ1) is 19.2. The normalized spacial score (nSPS) is 17.0. The number of alkyl halides is 5. The lowest BCUT2D eigenvalue weighted by atomic mass is 10.1. The van der Waals surface area contributed by atoms with E-state index in [1.807, 2.05) is 0 Å². The van der Waals surface area contributed by atoms with Gasteiger partial charge in [-0.2, -0.15) is 17.9 Å². The number of likely N-dealkylation sites (tertiary alicyclic amines) is 1. The fourth-order valence-corrected chi connectivity index (χ4v) is 6.92. The summed E-state index contributed by atoms with van der Waals surface area (Å²) in [5.41, 5.74) is -1.82. The Balaban J connectivity index is 1.80. The molecule has 0 unspecified atom stereocenters. The molecule has 3 heterocycles. The molecule has 1 saturated heterocycles. The number of piperidine rings is 1. The molecule has 19 heteroatoms. The number of carbonyl (C=O) groups excluding carboxylic acids is 1. The van der Waals surface area contributed by atoms with Crippen molar-refractivity contribution in [3.63, 3.8) is 0 Å². The lowest BCUT2D eigenvalue weighted by Gasteiger charge is -2.31. The van der Waals surface area contributed by atoms with Crippen molar-refractivity contribution >= 4 is 50.5 Å². The molecule has 42 heavy (non-hydrogen) atoms. The van der Waals surface area contributed by atoms with Gasteiger partial charge in [-0.15, -0.1) is 21.5 Å². The summed E-state index contributed by atoms with van der Waals surface area (Å²) in [4.78, 5) is 18.2. The average molecular weight is 678 g/mol. The molecule has 1 amide bonds. The van der Waals surface area contributed by atoms with Crippen molar-refractivity contribution in [2.24, 2.45) is 0 Å². The van der Waals surface area contributed by atoms with E-state index in [0.29, 0.717) is 6.92 Å². The number of nitrogens with one attached hydrogen (secondary N) is 1. The number of hydrogen-bond donors (Lipinski definition) is 2. The molecule has 230 valence electrons. The van der Waals surface area contributed by atoms with Crippen LogP contribution in [0.4, 0.5) is 22.0 Å². The third-order valence-electron chi connectivity index (χ3n) is 6.15. The lowest BCUT2D eigenvalue weighted by Crippen LogP contribution is -2.43. The van der Waals surface area contributed by atoms with Crippen molar-refractivity contribution in [2.45, 2.75) is 62.3 Å². The van der Waals surface area contributed by atoms with Crippen molar-refractivity contribution < 1.29 is 44.7 Å². The molecule has 1 atom stereocenters. The summed E-state index contributed by atoms with van der Waals surface area (Å²) in [6.07, 6.45) is -6.03. The van der Waals surface area contributed by atoms with Gasteiger partial charge in [-0.05, 0) is 26.8 Å². The fourth-order valence-electron chi connectivity index (χ4n) is 3.76. The van der Waals surface area contributed by atoms with Crippen LogP contribution in [0.15, 0.2) is 21.4 Å². The van der Waals surface area contributed by atoms with Crippen LogP contribution in [-0.2, 0) is 15.6 Å². The predicted octanol–water partition coefficient (Wildman–Crippen LogP) is 5.49. The first-order valence-corrected chi connectivity index (χ1v) is 15.1. The van der Waals surface area contributed by atoms with Crippen molar-refractivity contribution in [2.75, 3.05) is 13.1 Å². The highest BCUT2D eigenvalue weighted by Gasteiger charge is 2.40. The smallest absolute Gasteiger partial charge is 0.404 e. The first kappa shape index (κ1) is 32.5. The molecule has 0 spiro atoms. The molecular weight excluding hydrogens is 656 g/mol. The van der Waals surface area contributed by atoms with Gasteiger partial charge in [-0.1, -0.05) is 29.3 Å². The van der Waals surface area contributed by atoms with E-state index in [9.17, 15) is 40.3 Å². The minimum atomic E-state index is -4.88. The van der Waals surface area contributed by atoms with E-state index >= 15 is 0 Å². The van der Waals surface area contributed by atoms with E-state index < -0.39 is 67.5 Å². The highest BCUT2D eigenvalue weighted by atomic mass is 35.5. The van der Waals surface area contributed by atoms with Crippen molar-refractivity contribution in [3.8, 4) is 21.3 Å². The van der Waals surface area contributed by atoms with Crippen LogP contribution < -0.4 is 4.72 Å². The van der Waals surface area contributed by atoms with Gasteiger partial charge in [-0.3, -0.25) is 4.79 Å². The highest BCUT2D eigenvalue weighted by Crippen LogP contribution is 2.44. The molecule has 0 aliphatic carbocycles. The Labute approximate surface area is 249 Å². The van der Waals surface area contributed by atoms with Crippen LogP contribution in [0.3, 0.4) is 0 Å². The molecule has 1 aromatic carbocycles.